The minimum Gasteiger partial charge on any atom is -0.398 e. The van der Waals surface area contributed by atoms with Gasteiger partial charge in [-0.3, -0.25) is 4.79 Å². The van der Waals surface area contributed by atoms with Crippen LogP contribution in [0.25, 0.3) is 0 Å². The zero-order chi connectivity index (χ0) is 15.6. The van der Waals surface area contributed by atoms with Gasteiger partial charge in [-0.05, 0) is 42.5 Å². The highest BCUT2D eigenvalue weighted by molar-refractivity contribution is 6.07. The van der Waals surface area contributed by atoms with Crippen molar-refractivity contribution in [2.75, 3.05) is 11.1 Å². The predicted molar refractivity (Wildman–Crippen MR) is 70.2 cm³/mol. The standard InChI is InChI=1S/C14H10F4N2O/c15-9-3-6-12(19)11(7-9)13(21)20-10-4-1-8(2-5-10)14(16,17)18/h1-7H,19H2,(H,20,21). The third-order valence-corrected chi connectivity index (χ3v) is 2.73. The highest BCUT2D eigenvalue weighted by Gasteiger charge is 2.30. The van der Waals surface area contributed by atoms with E-state index in [-0.39, 0.29) is 16.9 Å². The van der Waals surface area contributed by atoms with Gasteiger partial charge in [-0.25, -0.2) is 4.39 Å². The molecule has 3 nitrogen and oxygen atoms in total. The van der Waals surface area contributed by atoms with Crippen LogP contribution in [0.3, 0.4) is 0 Å². The van der Waals surface area contributed by atoms with Gasteiger partial charge in [-0.15, -0.1) is 0 Å². The number of amides is 1. The molecule has 0 fully saturated rings. The molecule has 0 aliphatic heterocycles. The van der Waals surface area contributed by atoms with Crippen LogP contribution < -0.4 is 11.1 Å². The summed E-state index contributed by atoms with van der Waals surface area (Å²) in [5, 5.41) is 2.35. The highest BCUT2D eigenvalue weighted by Crippen LogP contribution is 2.30. The number of nitrogens with one attached hydrogen (secondary N) is 1. The molecule has 0 aliphatic carbocycles. The average Bonchev–Trinajstić information content (AvgIpc) is 2.41. The van der Waals surface area contributed by atoms with E-state index in [0.717, 1.165) is 36.4 Å². The maximum absolute atomic E-state index is 13.1. The topological polar surface area (TPSA) is 55.1 Å². The Hall–Kier alpha value is -2.57. The van der Waals surface area contributed by atoms with Crippen molar-refractivity contribution in [2.45, 2.75) is 6.18 Å². The van der Waals surface area contributed by atoms with E-state index in [1.54, 1.807) is 0 Å². The Morgan fingerprint density at radius 1 is 1.05 bits per heavy atom. The van der Waals surface area contributed by atoms with Crippen LogP contribution in [-0.4, -0.2) is 5.91 Å². The van der Waals surface area contributed by atoms with Crippen molar-refractivity contribution in [3.05, 3.63) is 59.4 Å². The summed E-state index contributed by atoms with van der Waals surface area (Å²) in [6.45, 7) is 0. The van der Waals surface area contributed by atoms with Crippen LogP contribution in [0, 0.1) is 5.82 Å². The van der Waals surface area contributed by atoms with Gasteiger partial charge in [-0.2, -0.15) is 13.2 Å². The number of halogens is 4. The summed E-state index contributed by atoms with van der Waals surface area (Å²) >= 11 is 0. The first kappa shape index (κ1) is 14.8. The van der Waals surface area contributed by atoms with E-state index < -0.39 is 23.5 Å². The average molecular weight is 298 g/mol. The summed E-state index contributed by atoms with van der Waals surface area (Å²) in [5.41, 5.74) is 4.85. The van der Waals surface area contributed by atoms with E-state index in [9.17, 15) is 22.4 Å². The minimum atomic E-state index is -4.45. The van der Waals surface area contributed by atoms with Gasteiger partial charge >= 0.3 is 6.18 Å². The number of rotatable bonds is 2. The van der Waals surface area contributed by atoms with Crippen LogP contribution >= 0.6 is 0 Å². The van der Waals surface area contributed by atoms with Gasteiger partial charge in [0.15, 0.2) is 0 Å². The van der Waals surface area contributed by atoms with E-state index in [1.165, 1.54) is 6.07 Å². The number of carbonyl (C=O) groups excluding carboxylic acids is 1. The van der Waals surface area contributed by atoms with Gasteiger partial charge in [0.05, 0.1) is 11.1 Å². The van der Waals surface area contributed by atoms with Gasteiger partial charge in [0.1, 0.15) is 5.82 Å². The second-order valence-electron chi connectivity index (χ2n) is 4.26. The molecule has 0 aliphatic rings. The Bertz CT molecular complexity index is 666. The first-order valence-corrected chi connectivity index (χ1v) is 5.81. The van der Waals surface area contributed by atoms with Crippen LogP contribution in [0.15, 0.2) is 42.5 Å². The van der Waals surface area contributed by atoms with Gasteiger partial charge in [0.25, 0.3) is 5.91 Å². The molecule has 2 aromatic carbocycles. The van der Waals surface area contributed by atoms with Crippen molar-refractivity contribution in [3.8, 4) is 0 Å². The number of anilines is 2. The van der Waals surface area contributed by atoms with Crippen LogP contribution in [0.1, 0.15) is 15.9 Å². The zero-order valence-electron chi connectivity index (χ0n) is 10.5. The van der Waals surface area contributed by atoms with E-state index >= 15 is 0 Å². The Morgan fingerprint density at radius 2 is 1.67 bits per heavy atom. The van der Waals surface area contributed by atoms with E-state index in [1.807, 2.05) is 0 Å². The SMILES string of the molecule is Nc1ccc(F)cc1C(=O)Nc1ccc(C(F)(F)F)cc1. The lowest BCUT2D eigenvalue weighted by molar-refractivity contribution is -0.137. The van der Waals surface area contributed by atoms with Gasteiger partial charge in [0.2, 0.25) is 0 Å². The first-order chi connectivity index (χ1) is 9.77. The van der Waals surface area contributed by atoms with Crippen LogP contribution in [0.2, 0.25) is 0 Å². The van der Waals surface area contributed by atoms with E-state index in [2.05, 4.69) is 5.32 Å². The highest BCUT2D eigenvalue weighted by atomic mass is 19.4. The molecule has 0 saturated carbocycles. The molecular formula is C14H10F4N2O. The molecule has 0 bridgehead atoms. The van der Waals surface area contributed by atoms with Crippen molar-refractivity contribution in [3.63, 3.8) is 0 Å². The van der Waals surface area contributed by atoms with E-state index in [0.29, 0.717) is 0 Å². The Morgan fingerprint density at radius 3 is 2.24 bits per heavy atom. The number of nitrogens with two attached hydrogens (primary N) is 1. The lowest BCUT2D eigenvalue weighted by atomic mass is 10.1. The smallest absolute Gasteiger partial charge is 0.398 e. The van der Waals surface area contributed by atoms with Gasteiger partial charge in [0, 0.05) is 11.4 Å². The molecule has 0 radical (unpaired) electrons. The molecule has 0 spiro atoms. The second-order valence-corrected chi connectivity index (χ2v) is 4.26. The molecule has 0 aromatic heterocycles. The maximum atomic E-state index is 13.1. The van der Waals surface area contributed by atoms with E-state index in [4.69, 9.17) is 5.73 Å². The molecule has 0 atom stereocenters. The quantitative estimate of drug-likeness (QED) is 0.656. The monoisotopic (exact) mass is 298 g/mol. The molecule has 0 heterocycles. The third kappa shape index (κ3) is 3.50. The first-order valence-electron chi connectivity index (χ1n) is 5.81. The summed E-state index contributed by atoms with van der Waals surface area (Å²) in [4.78, 5) is 11.9. The fraction of sp³-hybridized carbons (Fsp3) is 0.0714. The Labute approximate surface area is 117 Å². The fourth-order valence-electron chi connectivity index (χ4n) is 1.67. The lowest BCUT2D eigenvalue weighted by Gasteiger charge is -2.10. The number of carbonyl (C=O) groups is 1. The Kier molecular flexibility index (Phi) is 3.84. The van der Waals surface area contributed by atoms with Gasteiger partial charge in [-0.1, -0.05) is 0 Å². The molecular weight excluding hydrogens is 288 g/mol. The lowest BCUT2D eigenvalue weighted by Crippen LogP contribution is -2.14. The molecule has 21 heavy (non-hydrogen) atoms. The number of benzene rings is 2. The summed E-state index contributed by atoms with van der Waals surface area (Å²) < 4.78 is 50.3. The number of nitrogen functional groups attached to an aromatic ring is 1. The van der Waals surface area contributed by atoms with Crippen LogP contribution in [0.4, 0.5) is 28.9 Å². The maximum Gasteiger partial charge on any atom is 0.416 e. The van der Waals surface area contributed by atoms with Gasteiger partial charge < -0.3 is 11.1 Å². The normalized spacial score (nSPS) is 11.2. The number of alkyl halides is 3. The molecule has 1 amide bonds. The molecule has 7 heteroatoms. The summed E-state index contributed by atoms with van der Waals surface area (Å²) in [5.74, 6) is -1.34. The Balaban J connectivity index is 2.18. The zero-order valence-corrected chi connectivity index (χ0v) is 10.5. The fourth-order valence-corrected chi connectivity index (χ4v) is 1.67. The largest absolute Gasteiger partial charge is 0.416 e. The van der Waals surface area contributed by atoms with Crippen molar-refractivity contribution >= 4 is 17.3 Å². The molecule has 2 aromatic rings. The molecule has 2 rings (SSSR count). The van der Waals surface area contributed by atoms with Crippen LogP contribution in [-0.2, 0) is 6.18 Å². The van der Waals surface area contributed by atoms with Crippen molar-refractivity contribution in [2.24, 2.45) is 0 Å². The summed E-state index contributed by atoms with van der Waals surface area (Å²) in [6.07, 6.45) is -4.45. The summed E-state index contributed by atoms with van der Waals surface area (Å²) in [7, 11) is 0. The van der Waals surface area contributed by atoms with Crippen molar-refractivity contribution in [1.29, 1.82) is 0 Å². The third-order valence-electron chi connectivity index (χ3n) is 2.73. The molecule has 3 N–H and O–H groups in total. The summed E-state index contributed by atoms with van der Waals surface area (Å²) in [6, 6.07) is 7.18. The minimum absolute atomic E-state index is 0.0702. The molecule has 110 valence electrons. The van der Waals surface area contributed by atoms with Crippen molar-refractivity contribution < 1.29 is 22.4 Å². The van der Waals surface area contributed by atoms with Crippen LogP contribution in [0.5, 0.6) is 0 Å². The van der Waals surface area contributed by atoms with Crippen molar-refractivity contribution in [1.82, 2.24) is 0 Å². The second kappa shape index (κ2) is 5.43. The predicted octanol–water partition coefficient (Wildman–Crippen LogP) is 3.68. The molecule has 0 unspecified atom stereocenters. The number of hydrogen-bond donors (Lipinski definition) is 2. The number of hydrogen-bond acceptors (Lipinski definition) is 2. The molecule has 0 saturated heterocycles.